The predicted octanol–water partition coefficient (Wildman–Crippen LogP) is 0.579. The normalized spacial score (nSPS) is 10.2. The molecule has 0 aliphatic carbocycles. The highest BCUT2D eigenvalue weighted by molar-refractivity contribution is 6.30. The molecule has 0 bridgehead atoms. The topological polar surface area (TPSA) is 99.2 Å². The van der Waals surface area contributed by atoms with E-state index >= 15 is 0 Å². The Hall–Kier alpha value is -2.38. The monoisotopic (exact) mass is 308 g/mol. The van der Waals surface area contributed by atoms with E-state index in [0.717, 1.165) is 0 Å². The van der Waals surface area contributed by atoms with Gasteiger partial charge in [-0.15, -0.1) is 0 Å². The Morgan fingerprint density at radius 1 is 1.48 bits per heavy atom. The quantitative estimate of drug-likeness (QED) is 0.478. The number of nitrogens with one attached hydrogen (secondary N) is 1. The van der Waals surface area contributed by atoms with Crippen molar-refractivity contribution in [1.29, 1.82) is 0 Å². The van der Waals surface area contributed by atoms with E-state index < -0.39 is 11.6 Å². The molecule has 21 heavy (non-hydrogen) atoms. The molecule has 1 aromatic heterocycles. The maximum atomic E-state index is 11.5. The van der Waals surface area contributed by atoms with Gasteiger partial charge in [-0.1, -0.05) is 17.7 Å². The first-order valence-electron chi connectivity index (χ1n) is 6.06. The highest BCUT2D eigenvalue weighted by Gasteiger charge is 2.05. The largest absolute Gasteiger partial charge is 0.492 e. The summed E-state index contributed by atoms with van der Waals surface area (Å²) < 4.78 is 6.83. The van der Waals surface area contributed by atoms with Crippen LogP contribution in [-0.4, -0.2) is 22.1 Å². The molecule has 0 saturated heterocycles. The number of ether oxygens (including phenoxy) is 1. The third-order valence-corrected chi connectivity index (χ3v) is 2.85. The van der Waals surface area contributed by atoms with Gasteiger partial charge in [-0.2, -0.15) is 0 Å². The third-order valence-electron chi connectivity index (χ3n) is 2.65. The lowest BCUT2D eigenvalue weighted by Crippen LogP contribution is -2.29. The molecule has 1 amide bonds. The zero-order chi connectivity index (χ0) is 15.2. The second kappa shape index (κ2) is 6.87. The van der Waals surface area contributed by atoms with Crippen molar-refractivity contribution < 1.29 is 9.53 Å². The van der Waals surface area contributed by atoms with Crippen molar-refractivity contribution in [3.05, 3.63) is 57.7 Å². The molecule has 8 heteroatoms. The molecule has 1 aromatic carbocycles. The standard InChI is InChI=1S/C13H13ClN4O3/c14-10-7-16-13(20)18(8-10)4-5-21-11-3-1-2-9(6-11)12(19)17-15/h1-3,6-8H,4-5,15H2,(H,17,19). The minimum Gasteiger partial charge on any atom is -0.492 e. The summed E-state index contributed by atoms with van der Waals surface area (Å²) in [6, 6.07) is 6.54. The fraction of sp³-hybridized carbons (Fsp3) is 0.154. The zero-order valence-corrected chi connectivity index (χ0v) is 11.7. The van der Waals surface area contributed by atoms with Crippen molar-refractivity contribution in [3.63, 3.8) is 0 Å². The molecule has 0 saturated carbocycles. The Morgan fingerprint density at radius 2 is 2.29 bits per heavy atom. The number of benzene rings is 1. The summed E-state index contributed by atoms with van der Waals surface area (Å²) in [4.78, 5) is 26.5. The summed E-state index contributed by atoms with van der Waals surface area (Å²) in [5.41, 5.74) is 2.02. The van der Waals surface area contributed by atoms with Crippen LogP contribution in [0, 0.1) is 0 Å². The molecule has 0 aliphatic heterocycles. The van der Waals surface area contributed by atoms with E-state index in [1.807, 2.05) is 5.43 Å². The van der Waals surface area contributed by atoms with Crippen LogP contribution in [0.2, 0.25) is 5.02 Å². The minimum atomic E-state index is -0.407. The number of carbonyl (C=O) groups is 1. The van der Waals surface area contributed by atoms with Gasteiger partial charge in [0.05, 0.1) is 17.8 Å². The highest BCUT2D eigenvalue weighted by atomic mass is 35.5. The number of nitrogens with zero attached hydrogens (tertiary/aromatic N) is 2. The van der Waals surface area contributed by atoms with Crippen LogP contribution in [0.25, 0.3) is 0 Å². The first-order chi connectivity index (χ1) is 10.1. The Kier molecular flexibility index (Phi) is 4.91. The predicted molar refractivity (Wildman–Crippen MR) is 77.1 cm³/mol. The van der Waals surface area contributed by atoms with Gasteiger partial charge in [0.2, 0.25) is 0 Å². The number of aromatic nitrogens is 2. The SMILES string of the molecule is NNC(=O)c1cccc(OCCn2cc(Cl)cnc2=O)c1. The zero-order valence-electron chi connectivity index (χ0n) is 11.0. The number of nitrogen functional groups attached to an aromatic ring is 1. The lowest BCUT2D eigenvalue weighted by Gasteiger charge is -2.09. The molecular formula is C13H13ClN4O3. The molecule has 110 valence electrons. The molecule has 0 unspecified atom stereocenters. The molecule has 3 N–H and O–H groups in total. The van der Waals surface area contributed by atoms with Gasteiger partial charge < -0.3 is 4.74 Å². The van der Waals surface area contributed by atoms with Gasteiger partial charge in [-0.05, 0) is 18.2 Å². The van der Waals surface area contributed by atoms with Crippen molar-refractivity contribution in [2.24, 2.45) is 5.84 Å². The number of carbonyl (C=O) groups excluding carboxylic acids is 1. The van der Waals surface area contributed by atoms with Gasteiger partial charge in [-0.3, -0.25) is 14.8 Å². The Labute approximate surface area is 125 Å². The van der Waals surface area contributed by atoms with Crippen LogP contribution < -0.4 is 21.7 Å². The van der Waals surface area contributed by atoms with Crippen LogP contribution in [-0.2, 0) is 6.54 Å². The van der Waals surface area contributed by atoms with Crippen LogP contribution in [0.1, 0.15) is 10.4 Å². The summed E-state index contributed by atoms with van der Waals surface area (Å²) in [6.45, 7) is 0.523. The van der Waals surface area contributed by atoms with E-state index in [1.54, 1.807) is 24.3 Å². The molecular weight excluding hydrogens is 296 g/mol. The maximum absolute atomic E-state index is 11.5. The van der Waals surface area contributed by atoms with Gasteiger partial charge in [0.25, 0.3) is 5.91 Å². The van der Waals surface area contributed by atoms with Crippen LogP contribution in [0.5, 0.6) is 5.75 Å². The molecule has 2 rings (SSSR count). The first-order valence-corrected chi connectivity index (χ1v) is 6.44. The average Bonchev–Trinajstić information content (AvgIpc) is 2.50. The second-order valence-corrected chi connectivity index (χ2v) is 4.53. The van der Waals surface area contributed by atoms with Crippen LogP contribution in [0.3, 0.4) is 0 Å². The van der Waals surface area contributed by atoms with Crippen LogP contribution in [0.4, 0.5) is 0 Å². The van der Waals surface area contributed by atoms with E-state index in [1.165, 1.54) is 17.0 Å². The Balaban J connectivity index is 1.99. The van der Waals surface area contributed by atoms with Gasteiger partial charge in [0.1, 0.15) is 12.4 Å². The van der Waals surface area contributed by atoms with Gasteiger partial charge >= 0.3 is 5.69 Å². The number of amides is 1. The second-order valence-electron chi connectivity index (χ2n) is 4.10. The minimum absolute atomic E-state index is 0.232. The summed E-state index contributed by atoms with van der Waals surface area (Å²) in [5.74, 6) is 5.16. The maximum Gasteiger partial charge on any atom is 0.347 e. The van der Waals surface area contributed by atoms with Crippen LogP contribution >= 0.6 is 11.6 Å². The fourth-order valence-corrected chi connectivity index (χ4v) is 1.83. The summed E-state index contributed by atoms with van der Waals surface area (Å²) in [5, 5.41) is 0.371. The molecule has 0 fully saturated rings. The van der Waals surface area contributed by atoms with Crippen molar-refractivity contribution >= 4 is 17.5 Å². The molecule has 1 heterocycles. The molecule has 0 radical (unpaired) electrons. The number of hydrogen-bond acceptors (Lipinski definition) is 5. The van der Waals surface area contributed by atoms with E-state index in [9.17, 15) is 9.59 Å². The van der Waals surface area contributed by atoms with Crippen molar-refractivity contribution in [2.45, 2.75) is 6.54 Å². The average molecular weight is 309 g/mol. The van der Waals surface area contributed by atoms with Gasteiger partial charge in [0.15, 0.2) is 0 Å². The number of rotatable bonds is 5. The van der Waals surface area contributed by atoms with E-state index in [-0.39, 0.29) is 6.61 Å². The fourth-order valence-electron chi connectivity index (χ4n) is 1.66. The molecule has 7 nitrogen and oxygen atoms in total. The molecule has 0 spiro atoms. The van der Waals surface area contributed by atoms with Crippen molar-refractivity contribution in [3.8, 4) is 5.75 Å². The van der Waals surface area contributed by atoms with E-state index in [4.69, 9.17) is 22.2 Å². The number of hydrogen-bond donors (Lipinski definition) is 2. The summed E-state index contributed by atoms with van der Waals surface area (Å²) in [7, 11) is 0. The Bertz CT molecular complexity index is 702. The molecule has 0 aliphatic rings. The molecule has 2 aromatic rings. The Morgan fingerprint density at radius 3 is 3.05 bits per heavy atom. The van der Waals surface area contributed by atoms with E-state index in [0.29, 0.717) is 22.9 Å². The smallest absolute Gasteiger partial charge is 0.347 e. The van der Waals surface area contributed by atoms with E-state index in [2.05, 4.69) is 4.98 Å². The first kappa shape index (κ1) is 15.0. The number of halogens is 1. The number of hydrazine groups is 1. The van der Waals surface area contributed by atoms with Crippen LogP contribution in [0.15, 0.2) is 41.5 Å². The van der Waals surface area contributed by atoms with Crippen molar-refractivity contribution in [2.75, 3.05) is 6.61 Å². The molecule has 0 atom stereocenters. The van der Waals surface area contributed by atoms with Crippen molar-refractivity contribution in [1.82, 2.24) is 15.0 Å². The third kappa shape index (κ3) is 4.04. The highest BCUT2D eigenvalue weighted by Crippen LogP contribution is 2.13. The van der Waals surface area contributed by atoms with Gasteiger partial charge in [-0.25, -0.2) is 15.6 Å². The lowest BCUT2D eigenvalue weighted by atomic mass is 10.2. The number of nitrogens with two attached hydrogens (primary N) is 1. The van der Waals surface area contributed by atoms with Gasteiger partial charge in [0, 0.05) is 11.8 Å². The summed E-state index contributed by atoms with van der Waals surface area (Å²) in [6.07, 6.45) is 2.77. The summed E-state index contributed by atoms with van der Waals surface area (Å²) >= 11 is 5.77. The lowest BCUT2D eigenvalue weighted by molar-refractivity contribution is 0.0953.